The highest BCUT2D eigenvalue weighted by atomic mass is 35.5. The van der Waals surface area contributed by atoms with Crippen molar-refractivity contribution in [1.29, 1.82) is 0 Å². The third kappa shape index (κ3) is 3.99. The van der Waals surface area contributed by atoms with Gasteiger partial charge in [-0.25, -0.2) is 9.07 Å². The van der Waals surface area contributed by atoms with Gasteiger partial charge in [0.05, 0.1) is 18.3 Å². The SMILES string of the molecule is CC1CCc2c(F)cccc2C1NC(=O)c1cn(C2CCNCC2)nn1.Cl. The number of aromatic nitrogens is 3. The zero-order chi connectivity index (χ0) is 18.1. The summed E-state index contributed by atoms with van der Waals surface area (Å²) in [7, 11) is 0. The molecule has 0 bridgehead atoms. The van der Waals surface area contributed by atoms with E-state index in [0.717, 1.165) is 37.9 Å². The highest BCUT2D eigenvalue weighted by Gasteiger charge is 2.30. The summed E-state index contributed by atoms with van der Waals surface area (Å²) in [5.74, 6) is -0.197. The number of halogens is 2. The number of nitrogens with zero attached hydrogens (tertiary/aromatic N) is 3. The van der Waals surface area contributed by atoms with Gasteiger partial charge in [-0.3, -0.25) is 4.79 Å². The van der Waals surface area contributed by atoms with Crippen LogP contribution in [-0.2, 0) is 6.42 Å². The Balaban J connectivity index is 0.00000210. The lowest BCUT2D eigenvalue weighted by molar-refractivity contribution is 0.0913. The van der Waals surface area contributed by atoms with Crippen molar-refractivity contribution >= 4 is 18.3 Å². The van der Waals surface area contributed by atoms with E-state index in [-0.39, 0.29) is 42.1 Å². The highest BCUT2D eigenvalue weighted by molar-refractivity contribution is 5.92. The van der Waals surface area contributed by atoms with Gasteiger partial charge in [-0.05, 0) is 61.9 Å². The van der Waals surface area contributed by atoms with Gasteiger partial charge in [0.2, 0.25) is 0 Å². The third-order valence-electron chi connectivity index (χ3n) is 5.62. The predicted molar refractivity (Wildman–Crippen MR) is 103 cm³/mol. The first kappa shape index (κ1) is 19.8. The summed E-state index contributed by atoms with van der Waals surface area (Å²) >= 11 is 0. The summed E-state index contributed by atoms with van der Waals surface area (Å²) in [6.45, 7) is 3.99. The number of amides is 1. The summed E-state index contributed by atoms with van der Waals surface area (Å²) in [6.07, 6.45) is 5.25. The van der Waals surface area contributed by atoms with Crippen LogP contribution in [0.2, 0.25) is 0 Å². The molecule has 6 nitrogen and oxygen atoms in total. The quantitative estimate of drug-likeness (QED) is 0.841. The van der Waals surface area contributed by atoms with E-state index < -0.39 is 0 Å². The number of carbonyl (C=O) groups is 1. The Hall–Kier alpha value is -1.99. The topological polar surface area (TPSA) is 71.8 Å². The van der Waals surface area contributed by atoms with Crippen molar-refractivity contribution < 1.29 is 9.18 Å². The normalized spacial score (nSPS) is 22.6. The van der Waals surface area contributed by atoms with E-state index in [4.69, 9.17) is 0 Å². The molecule has 2 N–H and O–H groups in total. The molecule has 1 aromatic carbocycles. The van der Waals surface area contributed by atoms with E-state index >= 15 is 0 Å². The Kier molecular flexibility index (Phi) is 6.11. The molecule has 8 heteroatoms. The molecule has 1 aliphatic carbocycles. The van der Waals surface area contributed by atoms with E-state index in [2.05, 4.69) is 27.9 Å². The van der Waals surface area contributed by atoms with Crippen molar-refractivity contribution in [3.05, 3.63) is 47.0 Å². The van der Waals surface area contributed by atoms with Crippen molar-refractivity contribution in [3.63, 3.8) is 0 Å². The Morgan fingerprint density at radius 1 is 1.30 bits per heavy atom. The minimum atomic E-state index is -0.251. The lowest BCUT2D eigenvalue weighted by atomic mass is 9.80. The van der Waals surface area contributed by atoms with E-state index in [9.17, 15) is 9.18 Å². The van der Waals surface area contributed by atoms with Crippen LogP contribution in [0.1, 0.15) is 59.9 Å². The number of hydrogen-bond acceptors (Lipinski definition) is 4. The number of benzene rings is 1. The molecule has 2 aromatic rings. The van der Waals surface area contributed by atoms with Crippen LogP contribution in [0.4, 0.5) is 4.39 Å². The summed E-state index contributed by atoms with van der Waals surface area (Å²) in [6, 6.07) is 5.18. The average Bonchev–Trinajstić information content (AvgIpc) is 3.15. The zero-order valence-corrected chi connectivity index (χ0v) is 16.1. The lowest BCUT2D eigenvalue weighted by Gasteiger charge is -2.32. The van der Waals surface area contributed by atoms with Crippen molar-refractivity contribution in [2.24, 2.45) is 5.92 Å². The second-order valence-electron chi connectivity index (χ2n) is 7.34. The molecule has 2 heterocycles. The number of rotatable bonds is 3. The smallest absolute Gasteiger partial charge is 0.273 e. The maximum Gasteiger partial charge on any atom is 0.273 e. The second kappa shape index (κ2) is 8.35. The Labute approximate surface area is 164 Å². The molecular formula is C19H25ClFN5O. The van der Waals surface area contributed by atoms with Crippen LogP contribution in [0.3, 0.4) is 0 Å². The van der Waals surface area contributed by atoms with Gasteiger partial charge >= 0.3 is 0 Å². The van der Waals surface area contributed by atoms with Crippen LogP contribution in [0.15, 0.2) is 24.4 Å². The molecule has 1 fully saturated rings. The molecule has 1 aliphatic heterocycles. The maximum absolute atomic E-state index is 14.1. The van der Waals surface area contributed by atoms with E-state index in [1.165, 1.54) is 6.07 Å². The molecule has 1 saturated heterocycles. The molecule has 1 amide bonds. The van der Waals surface area contributed by atoms with Gasteiger partial charge in [-0.15, -0.1) is 17.5 Å². The maximum atomic E-state index is 14.1. The minimum Gasteiger partial charge on any atom is -0.344 e. The standard InChI is InChI=1S/C19H24FN5O.ClH/c1-12-5-6-14-15(3-2-4-16(14)20)18(12)22-19(26)17-11-25(24-23-17)13-7-9-21-10-8-13;/h2-4,11-13,18,21H,5-10H2,1H3,(H,22,26);1H. The largest absolute Gasteiger partial charge is 0.344 e. The van der Waals surface area contributed by atoms with Crippen molar-refractivity contribution in [2.45, 2.75) is 44.7 Å². The van der Waals surface area contributed by atoms with E-state index in [1.54, 1.807) is 16.9 Å². The highest BCUT2D eigenvalue weighted by Crippen LogP contribution is 2.35. The van der Waals surface area contributed by atoms with Crippen LogP contribution in [0, 0.1) is 11.7 Å². The fourth-order valence-corrected chi connectivity index (χ4v) is 4.04. The number of fused-ring (bicyclic) bond motifs is 1. The molecule has 146 valence electrons. The zero-order valence-electron chi connectivity index (χ0n) is 15.3. The number of carbonyl (C=O) groups excluding carboxylic acids is 1. The van der Waals surface area contributed by atoms with E-state index in [0.29, 0.717) is 17.7 Å². The molecule has 27 heavy (non-hydrogen) atoms. The van der Waals surface area contributed by atoms with Crippen LogP contribution >= 0.6 is 12.4 Å². The Morgan fingerprint density at radius 3 is 2.85 bits per heavy atom. The summed E-state index contributed by atoms with van der Waals surface area (Å²) in [5, 5.41) is 14.6. The fraction of sp³-hybridized carbons (Fsp3) is 0.526. The van der Waals surface area contributed by atoms with Crippen LogP contribution in [0.5, 0.6) is 0 Å². The van der Waals surface area contributed by atoms with Crippen LogP contribution in [-0.4, -0.2) is 34.0 Å². The summed E-state index contributed by atoms with van der Waals surface area (Å²) < 4.78 is 15.9. The van der Waals surface area contributed by atoms with Gasteiger partial charge < -0.3 is 10.6 Å². The van der Waals surface area contributed by atoms with Gasteiger partial charge in [0.1, 0.15) is 5.82 Å². The molecule has 2 unspecified atom stereocenters. The average molecular weight is 394 g/mol. The molecular weight excluding hydrogens is 369 g/mol. The van der Waals surface area contributed by atoms with Crippen molar-refractivity contribution in [2.75, 3.05) is 13.1 Å². The molecule has 0 saturated carbocycles. The summed E-state index contributed by atoms with van der Waals surface area (Å²) in [5.41, 5.74) is 1.91. The molecule has 1 aromatic heterocycles. The Bertz CT molecular complexity index is 805. The van der Waals surface area contributed by atoms with Crippen molar-refractivity contribution in [1.82, 2.24) is 25.6 Å². The monoisotopic (exact) mass is 393 g/mol. The Morgan fingerprint density at radius 2 is 2.07 bits per heavy atom. The molecule has 2 aliphatic rings. The minimum absolute atomic E-state index is 0. The predicted octanol–water partition coefficient (Wildman–Crippen LogP) is 2.82. The van der Waals surface area contributed by atoms with Crippen LogP contribution in [0.25, 0.3) is 0 Å². The van der Waals surface area contributed by atoms with Gasteiger partial charge in [0, 0.05) is 0 Å². The summed E-state index contributed by atoms with van der Waals surface area (Å²) in [4.78, 5) is 12.7. The van der Waals surface area contributed by atoms with Gasteiger partial charge in [0.25, 0.3) is 5.91 Å². The fourth-order valence-electron chi connectivity index (χ4n) is 4.04. The molecule has 0 spiro atoms. The lowest BCUT2D eigenvalue weighted by Crippen LogP contribution is -2.36. The number of nitrogens with one attached hydrogen (secondary N) is 2. The number of piperidine rings is 1. The number of hydrogen-bond donors (Lipinski definition) is 2. The van der Waals surface area contributed by atoms with E-state index in [1.807, 2.05) is 6.07 Å². The van der Waals surface area contributed by atoms with Gasteiger partial charge in [0.15, 0.2) is 5.69 Å². The third-order valence-corrected chi connectivity index (χ3v) is 5.62. The molecule has 0 radical (unpaired) electrons. The molecule has 4 rings (SSSR count). The second-order valence-corrected chi connectivity index (χ2v) is 7.34. The first-order valence-electron chi connectivity index (χ1n) is 9.34. The molecule has 2 atom stereocenters. The first-order chi connectivity index (χ1) is 12.6. The van der Waals surface area contributed by atoms with Crippen molar-refractivity contribution in [3.8, 4) is 0 Å². The van der Waals surface area contributed by atoms with Gasteiger partial charge in [-0.1, -0.05) is 24.3 Å². The first-order valence-corrected chi connectivity index (χ1v) is 9.34. The van der Waals surface area contributed by atoms with Gasteiger partial charge in [-0.2, -0.15) is 0 Å². The van der Waals surface area contributed by atoms with Crippen LogP contribution < -0.4 is 10.6 Å².